The van der Waals surface area contributed by atoms with Crippen molar-refractivity contribution in [1.29, 1.82) is 5.26 Å². The Labute approximate surface area is 161 Å². The number of hydrogen-bond donors (Lipinski definition) is 1. The summed E-state index contributed by atoms with van der Waals surface area (Å²) in [5.74, 6) is 1.07. The van der Waals surface area contributed by atoms with E-state index in [0.717, 1.165) is 36.9 Å². The minimum atomic E-state index is -1.12. The molecule has 1 aromatic heterocycles. The van der Waals surface area contributed by atoms with Gasteiger partial charge < -0.3 is 5.11 Å². The SMILES string of the molecule is N#Cc1cc2c(nc1SCC(O)CS(=O)Cc1ccccc1)CCCC2. The summed E-state index contributed by atoms with van der Waals surface area (Å²) in [4.78, 5) is 4.66. The average Bonchev–Trinajstić information content (AvgIpc) is 2.66. The Hall–Kier alpha value is -1.68. The van der Waals surface area contributed by atoms with Crippen LogP contribution < -0.4 is 0 Å². The molecule has 4 nitrogen and oxygen atoms in total. The molecule has 0 aliphatic heterocycles. The van der Waals surface area contributed by atoms with E-state index >= 15 is 0 Å². The molecule has 6 heteroatoms. The molecule has 2 atom stereocenters. The van der Waals surface area contributed by atoms with Crippen molar-refractivity contribution in [3.05, 3.63) is 58.8 Å². The molecule has 1 aliphatic rings. The third-order valence-electron chi connectivity index (χ3n) is 4.35. The number of hydrogen-bond acceptors (Lipinski definition) is 5. The molecule has 1 heterocycles. The van der Waals surface area contributed by atoms with Gasteiger partial charge in [0.15, 0.2) is 0 Å². The second kappa shape index (κ2) is 9.31. The molecule has 1 aliphatic carbocycles. The summed E-state index contributed by atoms with van der Waals surface area (Å²) in [6.07, 6.45) is 3.55. The lowest BCUT2D eigenvalue weighted by atomic mass is 9.95. The van der Waals surface area contributed by atoms with Crippen LogP contribution in [0.25, 0.3) is 0 Å². The van der Waals surface area contributed by atoms with Crippen LogP contribution in [0, 0.1) is 11.3 Å². The van der Waals surface area contributed by atoms with E-state index in [9.17, 15) is 14.6 Å². The van der Waals surface area contributed by atoms with Crippen molar-refractivity contribution in [2.45, 2.75) is 42.6 Å². The minimum absolute atomic E-state index is 0.231. The van der Waals surface area contributed by atoms with Crippen molar-refractivity contribution in [3.63, 3.8) is 0 Å². The fourth-order valence-electron chi connectivity index (χ4n) is 3.06. The van der Waals surface area contributed by atoms with Crippen molar-refractivity contribution in [2.24, 2.45) is 0 Å². The number of benzene rings is 1. The van der Waals surface area contributed by atoms with Crippen molar-refractivity contribution in [3.8, 4) is 6.07 Å². The highest BCUT2D eigenvalue weighted by atomic mass is 32.2. The maximum atomic E-state index is 12.2. The molecule has 2 aromatic rings. The minimum Gasteiger partial charge on any atom is -0.391 e. The van der Waals surface area contributed by atoms with Crippen LogP contribution in [0.4, 0.5) is 0 Å². The molecule has 136 valence electrons. The summed E-state index contributed by atoms with van der Waals surface area (Å²) in [7, 11) is -1.12. The smallest absolute Gasteiger partial charge is 0.114 e. The van der Waals surface area contributed by atoms with Gasteiger partial charge in [-0.3, -0.25) is 4.21 Å². The summed E-state index contributed by atoms with van der Waals surface area (Å²) in [5.41, 5.74) is 3.85. The number of thioether (sulfide) groups is 1. The molecular weight excluding hydrogens is 364 g/mol. The van der Waals surface area contributed by atoms with Crippen LogP contribution in [0.3, 0.4) is 0 Å². The Bertz CT molecular complexity index is 819. The Morgan fingerprint density at radius 1 is 1.27 bits per heavy atom. The Kier molecular flexibility index (Phi) is 6.84. The maximum Gasteiger partial charge on any atom is 0.114 e. The number of aliphatic hydroxyl groups is 1. The van der Waals surface area contributed by atoms with E-state index in [0.29, 0.717) is 22.1 Å². The number of fused-ring (bicyclic) bond motifs is 1. The highest BCUT2D eigenvalue weighted by Crippen LogP contribution is 2.27. The first kappa shape index (κ1) is 19.1. The molecule has 0 bridgehead atoms. The Balaban J connectivity index is 1.56. The number of rotatable bonds is 7. The lowest BCUT2D eigenvalue weighted by molar-refractivity contribution is 0.224. The summed E-state index contributed by atoms with van der Waals surface area (Å²) in [6.45, 7) is 0. The van der Waals surface area contributed by atoms with Gasteiger partial charge in [0, 0.05) is 28.0 Å². The summed E-state index contributed by atoms with van der Waals surface area (Å²) in [6, 6.07) is 13.8. The first-order chi connectivity index (χ1) is 12.7. The van der Waals surface area contributed by atoms with Crippen LogP contribution in [0.2, 0.25) is 0 Å². The van der Waals surface area contributed by atoms with E-state index < -0.39 is 16.9 Å². The zero-order valence-corrected chi connectivity index (χ0v) is 16.2. The average molecular weight is 387 g/mol. The molecular formula is C20H22N2O2S2. The largest absolute Gasteiger partial charge is 0.391 e. The van der Waals surface area contributed by atoms with E-state index in [1.165, 1.54) is 17.3 Å². The number of nitrogens with zero attached hydrogens (tertiary/aromatic N) is 2. The van der Waals surface area contributed by atoms with Gasteiger partial charge in [0.2, 0.25) is 0 Å². The third kappa shape index (κ3) is 5.16. The van der Waals surface area contributed by atoms with Crippen molar-refractivity contribution in [1.82, 2.24) is 4.98 Å². The fraction of sp³-hybridized carbons (Fsp3) is 0.400. The zero-order valence-electron chi connectivity index (χ0n) is 14.6. The first-order valence-corrected chi connectivity index (χ1v) is 11.3. The van der Waals surface area contributed by atoms with E-state index in [1.54, 1.807) is 0 Å². The predicted octanol–water partition coefficient (Wildman–Crippen LogP) is 3.23. The zero-order chi connectivity index (χ0) is 18.4. The molecule has 26 heavy (non-hydrogen) atoms. The highest BCUT2D eigenvalue weighted by molar-refractivity contribution is 7.99. The van der Waals surface area contributed by atoms with Gasteiger partial charge >= 0.3 is 0 Å². The molecule has 0 fully saturated rings. The van der Waals surface area contributed by atoms with Gasteiger partial charge in [-0.15, -0.1) is 11.8 Å². The van der Waals surface area contributed by atoms with Crippen LogP contribution in [0.5, 0.6) is 0 Å². The fourth-order valence-corrected chi connectivity index (χ4v) is 5.34. The molecule has 0 spiro atoms. The molecule has 2 unspecified atom stereocenters. The number of nitriles is 1. The maximum absolute atomic E-state index is 12.2. The van der Waals surface area contributed by atoms with Crippen molar-refractivity contribution in [2.75, 3.05) is 11.5 Å². The molecule has 0 saturated carbocycles. The molecule has 1 aromatic carbocycles. The van der Waals surface area contributed by atoms with Gasteiger partial charge in [-0.1, -0.05) is 30.3 Å². The van der Waals surface area contributed by atoms with Gasteiger partial charge in [0.1, 0.15) is 11.1 Å². The summed E-state index contributed by atoms with van der Waals surface area (Å²) in [5, 5.41) is 20.3. The normalized spacial score (nSPS) is 15.7. The summed E-state index contributed by atoms with van der Waals surface area (Å²) < 4.78 is 12.2. The van der Waals surface area contributed by atoms with E-state index in [-0.39, 0.29) is 5.75 Å². The van der Waals surface area contributed by atoms with Gasteiger partial charge in [-0.25, -0.2) is 4.98 Å². The van der Waals surface area contributed by atoms with E-state index in [1.807, 2.05) is 36.4 Å². The van der Waals surface area contributed by atoms with Gasteiger partial charge in [-0.2, -0.15) is 5.26 Å². The Morgan fingerprint density at radius 2 is 2.04 bits per heavy atom. The van der Waals surface area contributed by atoms with Crippen LogP contribution >= 0.6 is 11.8 Å². The van der Waals surface area contributed by atoms with E-state index in [4.69, 9.17) is 0 Å². The van der Waals surface area contributed by atoms with Crippen LogP contribution in [-0.4, -0.2) is 31.9 Å². The topological polar surface area (TPSA) is 74.0 Å². The van der Waals surface area contributed by atoms with Crippen LogP contribution in [0.1, 0.15) is 35.2 Å². The Morgan fingerprint density at radius 3 is 2.81 bits per heavy atom. The second-order valence-corrected chi connectivity index (χ2v) is 8.98. The number of pyridine rings is 1. The molecule has 0 amide bonds. The highest BCUT2D eigenvalue weighted by Gasteiger charge is 2.17. The van der Waals surface area contributed by atoms with Gasteiger partial charge in [-0.05, 0) is 42.9 Å². The quantitative estimate of drug-likeness (QED) is 0.740. The predicted molar refractivity (Wildman–Crippen MR) is 105 cm³/mol. The lowest BCUT2D eigenvalue weighted by Crippen LogP contribution is -2.20. The second-order valence-electron chi connectivity index (χ2n) is 6.47. The lowest BCUT2D eigenvalue weighted by Gasteiger charge is -2.17. The van der Waals surface area contributed by atoms with Crippen LogP contribution in [0.15, 0.2) is 41.4 Å². The van der Waals surface area contributed by atoms with Crippen molar-refractivity contribution >= 4 is 22.6 Å². The number of aromatic nitrogens is 1. The van der Waals surface area contributed by atoms with E-state index in [2.05, 4.69) is 11.1 Å². The molecule has 0 saturated heterocycles. The number of aryl methyl sites for hydroxylation is 2. The molecule has 1 N–H and O–H groups in total. The third-order valence-corrected chi connectivity index (χ3v) is 6.90. The monoisotopic (exact) mass is 386 g/mol. The molecule has 0 radical (unpaired) electrons. The van der Waals surface area contributed by atoms with Gasteiger partial charge in [0.25, 0.3) is 0 Å². The summed E-state index contributed by atoms with van der Waals surface area (Å²) >= 11 is 1.38. The standard InChI is InChI=1S/C20H22N2O2S2/c21-11-17-10-16-8-4-5-9-19(16)22-20(17)25-12-18(23)14-26(24)13-15-6-2-1-3-7-15/h1-3,6-7,10,18,23H,4-5,8-9,12-14H2. The van der Waals surface area contributed by atoms with Crippen molar-refractivity contribution < 1.29 is 9.32 Å². The number of aliphatic hydroxyl groups excluding tert-OH is 1. The molecule has 3 rings (SSSR count). The van der Waals surface area contributed by atoms with Gasteiger partial charge in [0.05, 0.1) is 17.4 Å². The van der Waals surface area contributed by atoms with Crippen LogP contribution in [-0.2, 0) is 29.4 Å². The first-order valence-electron chi connectivity index (χ1n) is 8.78.